The van der Waals surface area contributed by atoms with Crippen LogP contribution in [0.15, 0.2) is 0 Å². The summed E-state index contributed by atoms with van der Waals surface area (Å²) in [7, 11) is -2.32. The van der Waals surface area contributed by atoms with Crippen LogP contribution in [0.3, 0.4) is 0 Å². The molecule has 2 unspecified atom stereocenters. The lowest BCUT2D eigenvalue weighted by Gasteiger charge is -2.33. The Morgan fingerprint density at radius 1 is 1.10 bits per heavy atom. The molecule has 0 bridgehead atoms. The van der Waals surface area contributed by atoms with E-state index < -0.39 is 58.6 Å². The number of rotatable bonds is 15. The molecule has 4 N–H and O–H groups in total. The Hall–Kier alpha value is -2.94. The molecule has 0 saturated carbocycles. The maximum Gasteiger partial charge on any atom is 0.410 e. The van der Waals surface area contributed by atoms with Gasteiger partial charge in [0, 0.05) is 33.1 Å². The Balaban J connectivity index is 2.42. The number of sulfonamides is 1. The largest absolute Gasteiger partial charge is 0.480 e. The quantitative estimate of drug-likeness (QED) is 0.208. The van der Waals surface area contributed by atoms with Crippen molar-refractivity contribution in [2.75, 3.05) is 39.0 Å². The van der Waals surface area contributed by atoms with Crippen LogP contribution in [0, 0.1) is 5.92 Å². The third-order valence-corrected chi connectivity index (χ3v) is 8.17. The summed E-state index contributed by atoms with van der Waals surface area (Å²) in [5.41, 5.74) is -0.558. The van der Waals surface area contributed by atoms with E-state index in [0.29, 0.717) is 32.4 Å². The maximum atomic E-state index is 12.7. The molecule has 0 radical (unpaired) electrons. The van der Waals surface area contributed by atoms with Crippen LogP contribution in [0.25, 0.3) is 0 Å². The predicted molar refractivity (Wildman–Crippen MR) is 151 cm³/mol. The first kappa shape index (κ1) is 36.1. The fourth-order valence-corrected chi connectivity index (χ4v) is 5.41. The van der Waals surface area contributed by atoms with Crippen molar-refractivity contribution in [3.63, 3.8) is 0 Å². The van der Waals surface area contributed by atoms with Crippen molar-refractivity contribution in [2.45, 2.75) is 90.8 Å². The highest BCUT2D eigenvalue weighted by Crippen LogP contribution is 2.24. The molecule has 1 aliphatic heterocycles. The number of aliphatic carboxylic acids is 1. The lowest BCUT2D eigenvalue weighted by Crippen LogP contribution is -2.51. The topological polar surface area (TPSA) is 192 Å². The minimum atomic E-state index is -3.82. The molecule has 2 atom stereocenters. The number of nitrogens with one attached hydrogen (secondary N) is 3. The summed E-state index contributed by atoms with van der Waals surface area (Å²) in [6.45, 7) is 8.91. The van der Waals surface area contributed by atoms with Crippen molar-refractivity contribution in [1.82, 2.24) is 25.2 Å². The number of likely N-dealkylation sites (tertiary alicyclic amines) is 1. The second kappa shape index (κ2) is 16.5. The smallest absolute Gasteiger partial charge is 0.410 e. The fourth-order valence-electron chi connectivity index (χ4n) is 4.01. The van der Waals surface area contributed by atoms with Gasteiger partial charge in [0.2, 0.25) is 27.7 Å². The van der Waals surface area contributed by atoms with Gasteiger partial charge in [-0.25, -0.2) is 13.2 Å². The van der Waals surface area contributed by atoms with Gasteiger partial charge in [-0.3, -0.25) is 19.2 Å². The van der Waals surface area contributed by atoms with Gasteiger partial charge in [0.05, 0.1) is 12.3 Å². The molecule has 0 aromatic heterocycles. The minimum absolute atomic E-state index is 0.227. The molecular weight excluding hydrogens is 558 g/mol. The molecule has 41 heavy (non-hydrogen) atoms. The van der Waals surface area contributed by atoms with E-state index in [4.69, 9.17) is 4.74 Å². The molecule has 15 heteroatoms. The van der Waals surface area contributed by atoms with Crippen molar-refractivity contribution in [2.24, 2.45) is 5.92 Å². The highest BCUT2D eigenvalue weighted by atomic mass is 32.2. The van der Waals surface area contributed by atoms with Gasteiger partial charge >= 0.3 is 12.1 Å². The molecule has 1 saturated heterocycles. The lowest BCUT2D eigenvalue weighted by molar-refractivity contribution is -0.139. The molecule has 1 fully saturated rings. The number of hydrogen-bond acceptors (Lipinski definition) is 8. The number of likely N-dealkylation sites (N-methyl/N-ethyl adjacent to an activating group) is 1. The van der Waals surface area contributed by atoms with Crippen LogP contribution in [0.5, 0.6) is 0 Å². The minimum Gasteiger partial charge on any atom is -0.480 e. The summed E-state index contributed by atoms with van der Waals surface area (Å²) in [5, 5.41) is 14.0. The predicted octanol–water partition coefficient (Wildman–Crippen LogP) is 0.666. The first-order valence-corrected chi connectivity index (χ1v) is 15.6. The van der Waals surface area contributed by atoms with Crippen LogP contribution in [-0.2, 0) is 33.9 Å². The SMILES string of the molecule is CCCCS(=O)(=O)NC(CNC(=O)CNC(=O)C(C)N(C)C(=O)CCC1CCN(C(=O)OC(C)(C)C)CC1)C(=O)O. The second-order valence-corrected chi connectivity index (χ2v) is 13.2. The van der Waals surface area contributed by atoms with Gasteiger partial charge in [0.25, 0.3) is 0 Å². The van der Waals surface area contributed by atoms with Crippen molar-refractivity contribution in [3.8, 4) is 0 Å². The zero-order valence-electron chi connectivity index (χ0n) is 25.0. The molecule has 14 nitrogen and oxygen atoms in total. The summed E-state index contributed by atoms with van der Waals surface area (Å²) in [5.74, 6) is -2.92. The van der Waals surface area contributed by atoms with Crippen molar-refractivity contribution < 1.29 is 42.2 Å². The highest BCUT2D eigenvalue weighted by Gasteiger charge is 2.29. The number of carbonyl (C=O) groups excluding carboxylic acids is 4. The Morgan fingerprint density at radius 2 is 1.71 bits per heavy atom. The van der Waals surface area contributed by atoms with Gasteiger partial charge in [-0.1, -0.05) is 13.3 Å². The van der Waals surface area contributed by atoms with Gasteiger partial charge in [0.1, 0.15) is 17.7 Å². The summed E-state index contributed by atoms with van der Waals surface area (Å²) >= 11 is 0. The van der Waals surface area contributed by atoms with E-state index in [1.165, 1.54) is 18.9 Å². The molecule has 1 rings (SSSR count). The van der Waals surface area contributed by atoms with Gasteiger partial charge in [-0.05, 0) is 59.3 Å². The van der Waals surface area contributed by atoms with Gasteiger partial charge in [-0.2, -0.15) is 4.72 Å². The van der Waals surface area contributed by atoms with Crippen LogP contribution in [0.2, 0.25) is 0 Å². The number of hydrogen-bond donors (Lipinski definition) is 4. The molecule has 0 aromatic rings. The molecule has 1 heterocycles. The van der Waals surface area contributed by atoms with E-state index in [2.05, 4.69) is 10.6 Å². The van der Waals surface area contributed by atoms with Gasteiger partial charge in [-0.15, -0.1) is 0 Å². The molecule has 0 aliphatic carbocycles. The van der Waals surface area contributed by atoms with E-state index in [1.807, 2.05) is 25.5 Å². The van der Waals surface area contributed by atoms with E-state index in [1.54, 1.807) is 11.8 Å². The first-order chi connectivity index (χ1) is 19.0. The number of unbranched alkanes of at least 4 members (excludes halogenated alkanes) is 1. The van der Waals surface area contributed by atoms with E-state index in [-0.39, 0.29) is 30.1 Å². The van der Waals surface area contributed by atoms with Crippen LogP contribution in [-0.4, -0.2) is 110 Å². The van der Waals surface area contributed by atoms with Crippen molar-refractivity contribution in [1.29, 1.82) is 0 Å². The zero-order chi connectivity index (χ0) is 31.4. The average Bonchev–Trinajstić information content (AvgIpc) is 2.89. The van der Waals surface area contributed by atoms with Gasteiger partial charge < -0.3 is 30.3 Å². The Morgan fingerprint density at radius 3 is 2.24 bits per heavy atom. The zero-order valence-corrected chi connectivity index (χ0v) is 25.8. The lowest BCUT2D eigenvalue weighted by atomic mass is 9.92. The van der Waals surface area contributed by atoms with Gasteiger partial charge in [0.15, 0.2) is 0 Å². The van der Waals surface area contributed by atoms with E-state index in [9.17, 15) is 37.5 Å². The Labute approximate surface area is 243 Å². The molecule has 0 spiro atoms. The summed E-state index contributed by atoms with van der Waals surface area (Å²) in [6, 6.07) is -2.41. The number of carbonyl (C=O) groups is 5. The average molecular weight is 606 g/mol. The van der Waals surface area contributed by atoms with Crippen molar-refractivity contribution >= 4 is 39.8 Å². The van der Waals surface area contributed by atoms with Crippen molar-refractivity contribution in [3.05, 3.63) is 0 Å². The van der Waals surface area contributed by atoms with Crippen LogP contribution >= 0.6 is 0 Å². The summed E-state index contributed by atoms with van der Waals surface area (Å²) < 4.78 is 31.4. The third kappa shape index (κ3) is 14.0. The number of amides is 4. The molecule has 0 aromatic carbocycles. The monoisotopic (exact) mass is 605 g/mol. The normalized spacial score (nSPS) is 15.9. The first-order valence-electron chi connectivity index (χ1n) is 14.0. The van der Waals surface area contributed by atoms with Crippen LogP contribution in [0.1, 0.15) is 73.1 Å². The van der Waals surface area contributed by atoms with E-state index in [0.717, 1.165) is 12.8 Å². The standard InChI is InChI=1S/C26H47N5O9S/c1-7-8-15-41(38,39)29-20(24(35)36)16-27-21(32)17-28-23(34)18(2)30(6)22(33)10-9-19-11-13-31(14-12-19)25(37)40-26(3,4)5/h18-20,29H,7-17H2,1-6H3,(H,27,32)(H,28,34)(H,35,36). The summed E-state index contributed by atoms with van der Waals surface area (Å²) in [6.07, 6.45) is 3.00. The Bertz CT molecular complexity index is 1020. The number of carboxylic acid groups (broad SMARTS) is 1. The maximum absolute atomic E-state index is 12.7. The number of piperidine rings is 1. The number of ether oxygens (including phenoxy) is 1. The highest BCUT2D eigenvalue weighted by molar-refractivity contribution is 7.89. The van der Waals surface area contributed by atoms with Crippen LogP contribution in [0.4, 0.5) is 4.79 Å². The number of carboxylic acids is 1. The second-order valence-electron chi connectivity index (χ2n) is 11.3. The molecular formula is C26H47N5O9S. The summed E-state index contributed by atoms with van der Waals surface area (Å²) in [4.78, 5) is 63.9. The third-order valence-electron chi connectivity index (χ3n) is 6.70. The molecule has 1 aliphatic rings. The van der Waals surface area contributed by atoms with Crippen LogP contribution < -0.4 is 15.4 Å². The number of nitrogens with zero attached hydrogens (tertiary/aromatic N) is 2. The molecule has 4 amide bonds. The fraction of sp³-hybridized carbons (Fsp3) is 0.808. The van der Waals surface area contributed by atoms with E-state index >= 15 is 0 Å². The molecule has 236 valence electrons. The Kier molecular flexibility index (Phi) is 14.5.